The van der Waals surface area contributed by atoms with Crippen molar-refractivity contribution >= 4 is 11.8 Å². The highest BCUT2D eigenvalue weighted by Gasteiger charge is 2.09. The van der Waals surface area contributed by atoms with Gasteiger partial charge in [0.05, 0.1) is 11.1 Å². The van der Waals surface area contributed by atoms with Gasteiger partial charge in [-0.15, -0.1) is 0 Å². The summed E-state index contributed by atoms with van der Waals surface area (Å²) in [6.07, 6.45) is 0. The Hall–Kier alpha value is -3.10. The molecule has 2 rings (SSSR count). The van der Waals surface area contributed by atoms with Crippen LogP contribution in [0, 0.1) is 0 Å². The van der Waals surface area contributed by atoms with Crippen molar-refractivity contribution in [1.29, 1.82) is 0 Å². The summed E-state index contributed by atoms with van der Waals surface area (Å²) in [6, 6.07) is 12.8. The average molecular weight is 386 g/mol. The maximum atomic E-state index is 11.9. The molecule has 28 heavy (non-hydrogen) atoms. The standard InChI is InChI=1S/C20H26N4O4/c25-17-7-3-1-5-15(17)19(27)23-13-11-21-9-10-22-12-14-24-20(28)16-6-2-4-8-18(16)26/h1-8,21-22,25-26H,9-14H2,(H,23,27)(H,24,28). The van der Waals surface area contributed by atoms with Crippen LogP contribution >= 0.6 is 0 Å². The monoisotopic (exact) mass is 386 g/mol. The van der Waals surface area contributed by atoms with E-state index in [1.807, 2.05) is 0 Å². The molecule has 0 aliphatic rings. The number of rotatable bonds is 11. The number of carbonyl (C=O) groups excluding carboxylic acids is 2. The Balaban J connectivity index is 1.47. The van der Waals surface area contributed by atoms with Crippen molar-refractivity contribution in [2.24, 2.45) is 0 Å². The third-order valence-corrected chi connectivity index (χ3v) is 3.95. The Morgan fingerprint density at radius 3 is 1.36 bits per heavy atom. The van der Waals surface area contributed by atoms with Crippen molar-refractivity contribution in [3.63, 3.8) is 0 Å². The van der Waals surface area contributed by atoms with Gasteiger partial charge in [-0.25, -0.2) is 0 Å². The summed E-state index contributed by atoms with van der Waals surface area (Å²) in [5.41, 5.74) is 0.519. The minimum absolute atomic E-state index is 0.0354. The van der Waals surface area contributed by atoms with Crippen LogP contribution in [0.2, 0.25) is 0 Å². The number of phenols is 2. The van der Waals surface area contributed by atoms with Gasteiger partial charge in [0.25, 0.3) is 11.8 Å². The first kappa shape index (κ1) is 21.2. The topological polar surface area (TPSA) is 123 Å². The Bertz CT molecular complexity index is 717. The summed E-state index contributed by atoms with van der Waals surface area (Å²) in [5, 5.41) is 31.1. The first-order valence-electron chi connectivity index (χ1n) is 9.13. The second-order valence-corrected chi connectivity index (χ2v) is 6.05. The zero-order valence-corrected chi connectivity index (χ0v) is 15.6. The molecule has 2 aromatic rings. The number of hydrogen-bond donors (Lipinski definition) is 6. The highest BCUT2D eigenvalue weighted by atomic mass is 16.3. The quantitative estimate of drug-likeness (QED) is 0.312. The summed E-state index contributed by atoms with van der Waals surface area (Å²) >= 11 is 0. The predicted octanol–water partition coefficient (Wildman–Crippen LogP) is 0.437. The zero-order valence-electron chi connectivity index (χ0n) is 15.6. The number of phenolic OH excluding ortho intramolecular Hbond substituents is 2. The lowest BCUT2D eigenvalue weighted by molar-refractivity contribution is 0.0942. The molecule has 0 radical (unpaired) electrons. The molecule has 8 nitrogen and oxygen atoms in total. The van der Waals surface area contributed by atoms with Crippen LogP contribution in [0.25, 0.3) is 0 Å². The highest BCUT2D eigenvalue weighted by molar-refractivity contribution is 5.97. The second-order valence-electron chi connectivity index (χ2n) is 6.05. The van der Waals surface area contributed by atoms with E-state index < -0.39 is 0 Å². The Kier molecular flexibility index (Phi) is 8.77. The summed E-state index contributed by atoms with van der Waals surface area (Å²) in [4.78, 5) is 23.8. The molecule has 0 bridgehead atoms. The van der Waals surface area contributed by atoms with Crippen LogP contribution in [-0.4, -0.2) is 61.3 Å². The number of benzene rings is 2. The number of carbonyl (C=O) groups is 2. The summed E-state index contributed by atoms with van der Waals surface area (Å²) in [5.74, 6) is -0.685. The molecule has 0 atom stereocenters. The molecule has 0 saturated carbocycles. The molecule has 0 heterocycles. The molecule has 2 aromatic carbocycles. The summed E-state index contributed by atoms with van der Waals surface area (Å²) < 4.78 is 0. The fourth-order valence-corrected chi connectivity index (χ4v) is 2.48. The second kappa shape index (κ2) is 11.6. The molecule has 0 aromatic heterocycles. The van der Waals surface area contributed by atoms with E-state index in [0.29, 0.717) is 39.3 Å². The van der Waals surface area contributed by atoms with E-state index in [2.05, 4.69) is 21.3 Å². The van der Waals surface area contributed by atoms with Crippen LogP contribution in [0.15, 0.2) is 48.5 Å². The fourth-order valence-electron chi connectivity index (χ4n) is 2.48. The average Bonchev–Trinajstić information content (AvgIpc) is 2.69. The van der Waals surface area contributed by atoms with Gasteiger partial charge >= 0.3 is 0 Å². The van der Waals surface area contributed by atoms with Gasteiger partial charge in [0.1, 0.15) is 11.5 Å². The Morgan fingerprint density at radius 1 is 0.607 bits per heavy atom. The molecule has 0 aliphatic heterocycles. The smallest absolute Gasteiger partial charge is 0.255 e. The normalized spacial score (nSPS) is 10.4. The molecular formula is C20H26N4O4. The molecule has 2 amide bonds. The molecule has 8 heteroatoms. The Morgan fingerprint density at radius 2 is 0.964 bits per heavy atom. The third kappa shape index (κ3) is 6.90. The number of para-hydroxylation sites is 2. The highest BCUT2D eigenvalue weighted by Crippen LogP contribution is 2.15. The van der Waals surface area contributed by atoms with Crippen molar-refractivity contribution < 1.29 is 19.8 Å². The maximum absolute atomic E-state index is 11.9. The van der Waals surface area contributed by atoms with E-state index >= 15 is 0 Å². The number of nitrogens with one attached hydrogen (secondary N) is 4. The van der Waals surface area contributed by atoms with Crippen molar-refractivity contribution in [2.75, 3.05) is 39.3 Å². The summed E-state index contributed by atoms with van der Waals surface area (Å²) in [6.45, 7) is 3.52. The van der Waals surface area contributed by atoms with Gasteiger partial charge in [-0.3, -0.25) is 9.59 Å². The minimum atomic E-state index is -0.307. The van der Waals surface area contributed by atoms with Gasteiger partial charge in [0.15, 0.2) is 0 Å². The third-order valence-electron chi connectivity index (χ3n) is 3.95. The minimum Gasteiger partial charge on any atom is -0.507 e. The Labute approximate surface area is 164 Å². The molecule has 0 saturated heterocycles. The van der Waals surface area contributed by atoms with Gasteiger partial charge in [-0.2, -0.15) is 0 Å². The molecule has 0 spiro atoms. The van der Waals surface area contributed by atoms with Gasteiger partial charge in [-0.05, 0) is 24.3 Å². The fraction of sp³-hybridized carbons (Fsp3) is 0.300. The first-order valence-corrected chi connectivity index (χ1v) is 9.13. The van der Waals surface area contributed by atoms with Crippen LogP contribution in [0.4, 0.5) is 0 Å². The molecule has 0 unspecified atom stereocenters. The predicted molar refractivity (Wildman–Crippen MR) is 107 cm³/mol. The molecule has 6 N–H and O–H groups in total. The SMILES string of the molecule is O=C(NCCNCCNCCNC(=O)c1ccccc1O)c1ccccc1O. The van der Waals surface area contributed by atoms with Crippen molar-refractivity contribution in [3.05, 3.63) is 59.7 Å². The molecule has 150 valence electrons. The van der Waals surface area contributed by atoms with Crippen LogP contribution in [0.5, 0.6) is 11.5 Å². The largest absolute Gasteiger partial charge is 0.507 e. The van der Waals surface area contributed by atoms with Crippen LogP contribution in [0.1, 0.15) is 20.7 Å². The number of amides is 2. The van der Waals surface area contributed by atoms with Crippen LogP contribution in [-0.2, 0) is 0 Å². The maximum Gasteiger partial charge on any atom is 0.255 e. The van der Waals surface area contributed by atoms with Gasteiger partial charge in [0.2, 0.25) is 0 Å². The van der Waals surface area contributed by atoms with Crippen LogP contribution in [0.3, 0.4) is 0 Å². The van der Waals surface area contributed by atoms with E-state index in [0.717, 1.165) is 0 Å². The van der Waals surface area contributed by atoms with E-state index in [-0.39, 0.29) is 34.4 Å². The number of hydrogen-bond acceptors (Lipinski definition) is 6. The molecule has 0 aliphatic carbocycles. The van der Waals surface area contributed by atoms with Crippen molar-refractivity contribution in [1.82, 2.24) is 21.3 Å². The zero-order chi connectivity index (χ0) is 20.2. The van der Waals surface area contributed by atoms with Crippen LogP contribution < -0.4 is 21.3 Å². The van der Waals surface area contributed by atoms with Crippen molar-refractivity contribution in [3.8, 4) is 11.5 Å². The van der Waals surface area contributed by atoms with Gasteiger partial charge < -0.3 is 31.5 Å². The summed E-state index contributed by atoms with van der Waals surface area (Å²) in [7, 11) is 0. The molecule has 0 fully saturated rings. The van der Waals surface area contributed by atoms with Crippen molar-refractivity contribution in [2.45, 2.75) is 0 Å². The first-order chi connectivity index (χ1) is 13.6. The lowest BCUT2D eigenvalue weighted by Gasteiger charge is -2.09. The van der Waals surface area contributed by atoms with Gasteiger partial charge in [0, 0.05) is 39.3 Å². The van der Waals surface area contributed by atoms with E-state index in [4.69, 9.17) is 0 Å². The molecular weight excluding hydrogens is 360 g/mol. The lowest BCUT2D eigenvalue weighted by Crippen LogP contribution is -2.37. The van der Waals surface area contributed by atoms with E-state index in [1.54, 1.807) is 36.4 Å². The van der Waals surface area contributed by atoms with E-state index in [9.17, 15) is 19.8 Å². The van der Waals surface area contributed by atoms with E-state index in [1.165, 1.54) is 12.1 Å². The number of aromatic hydroxyl groups is 2. The van der Waals surface area contributed by atoms with Gasteiger partial charge in [-0.1, -0.05) is 24.3 Å². The lowest BCUT2D eigenvalue weighted by atomic mass is 10.2.